The number of hydrogen-bond donors (Lipinski definition) is 0. The molecule has 1 aliphatic heterocycles. The number of halogens is 4. The van der Waals surface area contributed by atoms with Crippen molar-refractivity contribution >= 4 is 5.52 Å². The molecule has 13 heteroatoms. The molecular weight excluding hydrogens is 590 g/mol. The molecule has 0 N–H and O–H groups in total. The van der Waals surface area contributed by atoms with Crippen LogP contribution < -0.4 is 5.69 Å². The van der Waals surface area contributed by atoms with Crippen LogP contribution in [0.1, 0.15) is 48.4 Å². The van der Waals surface area contributed by atoms with E-state index in [1.165, 1.54) is 30.9 Å². The minimum absolute atomic E-state index is 0.0596. The molecule has 0 bridgehead atoms. The van der Waals surface area contributed by atoms with Gasteiger partial charge >= 0.3 is 11.9 Å². The maximum absolute atomic E-state index is 14.4. The third kappa shape index (κ3) is 5.66. The third-order valence-electron chi connectivity index (χ3n) is 8.70. The second-order valence-corrected chi connectivity index (χ2v) is 12.0. The summed E-state index contributed by atoms with van der Waals surface area (Å²) < 4.78 is 67.1. The van der Waals surface area contributed by atoms with E-state index >= 15 is 0 Å². The van der Waals surface area contributed by atoms with Gasteiger partial charge in [0.05, 0.1) is 24.3 Å². The fourth-order valence-electron chi connectivity index (χ4n) is 6.10. The molecule has 9 nitrogen and oxygen atoms in total. The molecule has 2 fully saturated rings. The highest BCUT2D eigenvalue weighted by Gasteiger charge is 2.35. The van der Waals surface area contributed by atoms with E-state index in [0.717, 1.165) is 47.3 Å². The number of aryl methyl sites for hydroxylation is 1. The maximum atomic E-state index is 14.4. The summed E-state index contributed by atoms with van der Waals surface area (Å²) >= 11 is 0. The molecule has 7 rings (SSSR count). The molecule has 1 aromatic carbocycles. The van der Waals surface area contributed by atoms with E-state index in [2.05, 4.69) is 15.1 Å². The zero-order chi connectivity index (χ0) is 31.5. The predicted molar refractivity (Wildman–Crippen MR) is 158 cm³/mol. The van der Waals surface area contributed by atoms with E-state index in [0.29, 0.717) is 34.8 Å². The van der Waals surface area contributed by atoms with Crippen LogP contribution in [0.4, 0.5) is 17.6 Å². The minimum Gasteiger partial charge on any atom is -0.375 e. The number of pyridine rings is 2. The first-order valence-electron chi connectivity index (χ1n) is 14.9. The Kier molecular flexibility index (Phi) is 7.32. The second kappa shape index (κ2) is 11.2. The van der Waals surface area contributed by atoms with Crippen LogP contribution in [0.25, 0.3) is 33.8 Å². The Morgan fingerprint density at radius 2 is 1.84 bits per heavy atom. The molecular formula is C32H31F4N7O2. The molecule has 4 aromatic heterocycles. The quantitative estimate of drug-likeness (QED) is 0.210. The van der Waals surface area contributed by atoms with Crippen molar-refractivity contribution in [2.24, 2.45) is 7.05 Å². The summed E-state index contributed by atoms with van der Waals surface area (Å²) in [5.74, 6) is 0.305. The van der Waals surface area contributed by atoms with Gasteiger partial charge in [0.2, 0.25) is 0 Å². The van der Waals surface area contributed by atoms with Gasteiger partial charge in [0, 0.05) is 42.7 Å². The van der Waals surface area contributed by atoms with Gasteiger partial charge in [0.25, 0.3) is 0 Å². The van der Waals surface area contributed by atoms with Crippen LogP contribution in [-0.2, 0) is 24.6 Å². The predicted octanol–water partition coefficient (Wildman–Crippen LogP) is 5.59. The van der Waals surface area contributed by atoms with Gasteiger partial charge in [-0.25, -0.2) is 14.2 Å². The largest absolute Gasteiger partial charge is 0.418 e. The van der Waals surface area contributed by atoms with E-state index in [4.69, 9.17) is 9.72 Å². The van der Waals surface area contributed by atoms with Gasteiger partial charge < -0.3 is 14.2 Å². The number of likely N-dealkylation sites (tertiary alicyclic amines) is 1. The number of likely N-dealkylation sites (N-methyl/N-ethyl adjacent to an activating group) is 1. The number of alkyl halides is 3. The Balaban J connectivity index is 1.33. The summed E-state index contributed by atoms with van der Waals surface area (Å²) in [5.41, 5.74) is 0.785. The van der Waals surface area contributed by atoms with Crippen molar-refractivity contribution in [1.82, 2.24) is 33.6 Å². The van der Waals surface area contributed by atoms with Crippen LogP contribution in [0.3, 0.4) is 0 Å². The van der Waals surface area contributed by atoms with Crippen molar-refractivity contribution < 1.29 is 22.3 Å². The zero-order valence-corrected chi connectivity index (χ0v) is 24.8. The average molecular weight is 622 g/mol. The highest BCUT2D eigenvalue weighted by Crippen LogP contribution is 2.42. The summed E-state index contributed by atoms with van der Waals surface area (Å²) in [5, 5.41) is 8.07. The van der Waals surface area contributed by atoms with Gasteiger partial charge in [0.1, 0.15) is 18.0 Å². The number of aromatic nitrogens is 6. The van der Waals surface area contributed by atoms with Crippen LogP contribution in [0.15, 0.2) is 59.9 Å². The Bertz CT molecular complexity index is 1960. The number of imidazole rings is 1. The lowest BCUT2D eigenvalue weighted by atomic mass is 9.98. The molecule has 1 saturated heterocycles. The lowest BCUT2D eigenvalue weighted by Gasteiger charge is -2.19. The van der Waals surface area contributed by atoms with Gasteiger partial charge in [-0.15, -0.1) is 10.2 Å². The molecule has 0 unspecified atom stereocenters. The molecule has 234 valence electrons. The van der Waals surface area contributed by atoms with Crippen LogP contribution >= 0.6 is 0 Å². The molecule has 1 atom stereocenters. The smallest absolute Gasteiger partial charge is 0.375 e. The lowest BCUT2D eigenvalue weighted by Crippen LogP contribution is -2.29. The number of ether oxygens (including phenoxy) is 1. The van der Waals surface area contributed by atoms with Crippen LogP contribution in [0.5, 0.6) is 0 Å². The summed E-state index contributed by atoms with van der Waals surface area (Å²) in [6.45, 7) is 1.30. The first kappa shape index (κ1) is 29.4. The molecule has 1 saturated carbocycles. The van der Waals surface area contributed by atoms with E-state index in [1.807, 2.05) is 13.1 Å². The second-order valence-electron chi connectivity index (χ2n) is 12.0. The van der Waals surface area contributed by atoms with Gasteiger partial charge in [-0.1, -0.05) is 6.07 Å². The first-order valence-corrected chi connectivity index (χ1v) is 14.9. The van der Waals surface area contributed by atoms with Crippen LogP contribution in [-0.4, -0.2) is 59.9 Å². The third-order valence-corrected chi connectivity index (χ3v) is 8.70. The molecule has 0 spiro atoms. The zero-order valence-electron chi connectivity index (χ0n) is 24.8. The van der Waals surface area contributed by atoms with Crippen molar-refractivity contribution in [3.05, 3.63) is 88.2 Å². The van der Waals surface area contributed by atoms with Crippen LogP contribution in [0, 0.1) is 5.82 Å². The van der Waals surface area contributed by atoms with Crippen molar-refractivity contribution in [1.29, 1.82) is 0 Å². The average Bonchev–Trinajstić information content (AvgIpc) is 3.52. The van der Waals surface area contributed by atoms with Gasteiger partial charge in [-0.3, -0.25) is 8.97 Å². The standard InChI is InChI=1S/C32H31F4N7O2/c1-40-9-3-4-23(40)17-45-16-19-10-26(32(34,35)36)28-15-43(31(44)42(28)14-19)29-12-21(11-27(38-29)20-5-6-20)24-8-7-22(33)13-25(24)30-39-37-18-41(30)2/h7-8,10-15,18,20,23H,3-6,9,16-17H2,1-2H3/t23-/m1/s1. The highest BCUT2D eigenvalue weighted by molar-refractivity contribution is 5.81. The molecule has 1 aliphatic carbocycles. The number of rotatable bonds is 8. The summed E-state index contributed by atoms with van der Waals surface area (Å²) in [6, 6.07) is 9.08. The Hall–Kier alpha value is -4.36. The van der Waals surface area contributed by atoms with Crippen molar-refractivity contribution in [3.8, 4) is 28.3 Å². The first-order chi connectivity index (χ1) is 21.6. The van der Waals surface area contributed by atoms with Gasteiger partial charge in [-0.05, 0) is 86.3 Å². The molecule has 0 radical (unpaired) electrons. The molecule has 5 aromatic rings. The Labute approximate surface area is 255 Å². The number of nitrogens with zero attached hydrogens (tertiary/aromatic N) is 7. The Morgan fingerprint density at radius 3 is 2.53 bits per heavy atom. The van der Waals surface area contributed by atoms with Gasteiger partial charge in [0.15, 0.2) is 5.82 Å². The molecule has 2 aliphatic rings. The maximum Gasteiger partial charge on any atom is 0.418 e. The monoisotopic (exact) mass is 621 g/mol. The number of benzene rings is 1. The fourth-order valence-corrected chi connectivity index (χ4v) is 6.10. The molecule has 5 heterocycles. The summed E-state index contributed by atoms with van der Waals surface area (Å²) in [7, 11) is 3.75. The topological polar surface area (TPSA) is 82.5 Å². The molecule has 45 heavy (non-hydrogen) atoms. The summed E-state index contributed by atoms with van der Waals surface area (Å²) in [4.78, 5) is 20.7. The van der Waals surface area contributed by atoms with Crippen molar-refractivity contribution in [3.63, 3.8) is 0 Å². The van der Waals surface area contributed by atoms with E-state index in [9.17, 15) is 22.4 Å². The SMILES string of the molecule is CN1CCC[C@@H]1COCc1cc(C(F)(F)F)c2cn(-c3cc(-c4ccc(F)cc4-c4nncn4C)cc(C4CC4)n3)c(=O)n2c1. The van der Waals surface area contributed by atoms with E-state index in [1.54, 1.807) is 23.7 Å². The lowest BCUT2D eigenvalue weighted by molar-refractivity contribution is -0.136. The summed E-state index contributed by atoms with van der Waals surface area (Å²) in [6.07, 6.45) is 3.21. The molecule has 0 amide bonds. The van der Waals surface area contributed by atoms with E-state index < -0.39 is 23.2 Å². The van der Waals surface area contributed by atoms with Crippen LogP contribution in [0.2, 0.25) is 0 Å². The van der Waals surface area contributed by atoms with Crippen molar-refractivity contribution in [2.75, 3.05) is 20.2 Å². The highest BCUT2D eigenvalue weighted by atomic mass is 19.4. The minimum atomic E-state index is -4.71. The Morgan fingerprint density at radius 1 is 1.02 bits per heavy atom. The van der Waals surface area contributed by atoms with Gasteiger partial charge in [-0.2, -0.15) is 13.2 Å². The number of fused-ring (bicyclic) bond motifs is 1. The van der Waals surface area contributed by atoms with E-state index in [-0.39, 0.29) is 35.5 Å². The number of hydrogen-bond acceptors (Lipinski definition) is 6. The normalized spacial score (nSPS) is 17.5. The van der Waals surface area contributed by atoms with Crippen molar-refractivity contribution in [2.45, 2.75) is 50.4 Å². The fraction of sp³-hybridized carbons (Fsp3) is 0.375.